The summed E-state index contributed by atoms with van der Waals surface area (Å²) in [6.45, 7) is 0. The molecule has 0 saturated carbocycles. The SMILES string of the molecule is CSC1C(=O)N(C)C(SC)C(=O)N1C. The van der Waals surface area contributed by atoms with Gasteiger partial charge >= 0.3 is 0 Å². The first kappa shape index (κ1) is 11.7. The number of likely N-dealkylation sites (N-methyl/N-ethyl adjacent to an activating group) is 2. The van der Waals surface area contributed by atoms with Gasteiger partial charge in [-0.3, -0.25) is 9.59 Å². The summed E-state index contributed by atoms with van der Waals surface area (Å²) in [4.78, 5) is 26.6. The van der Waals surface area contributed by atoms with E-state index in [-0.39, 0.29) is 22.6 Å². The molecule has 1 rings (SSSR count). The molecule has 4 nitrogen and oxygen atoms in total. The van der Waals surface area contributed by atoms with Crippen molar-refractivity contribution in [1.29, 1.82) is 0 Å². The number of thioether (sulfide) groups is 2. The Morgan fingerprint density at radius 2 is 1.21 bits per heavy atom. The number of amides is 2. The summed E-state index contributed by atoms with van der Waals surface area (Å²) in [5, 5.41) is -0.730. The monoisotopic (exact) mass is 234 g/mol. The summed E-state index contributed by atoms with van der Waals surface area (Å²) in [6, 6.07) is 0. The van der Waals surface area contributed by atoms with Crippen LogP contribution in [0.2, 0.25) is 0 Å². The average molecular weight is 234 g/mol. The molecule has 0 N–H and O–H groups in total. The van der Waals surface area contributed by atoms with Gasteiger partial charge in [-0.1, -0.05) is 0 Å². The maximum absolute atomic E-state index is 11.8. The number of hydrogen-bond acceptors (Lipinski definition) is 4. The Morgan fingerprint density at radius 3 is 1.43 bits per heavy atom. The minimum atomic E-state index is -0.365. The van der Waals surface area contributed by atoms with E-state index >= 15 is 0 Å². The number of nitrogens with zero attached hydrogens (tertiary/aromatic N) is 2. The van der Waals surface area contributed by atoms with E-state index < -0.39 is 0 Å². The van der Waals surface area contributed by atoms with Crippen LogP contribution >= 0.6 is 23.5 Å². The molecule has 2 atom stereocenters. The highest BCUT2D eigenvalue weighted by atomic mass is 32.2. The fourth-order valence-corrected chi connectivity index (χ4v) is 3.00. The molecule has 0 spiro atoms. The van der Waals surface area contributed by atoms with Gasteiger partial charge in [0.15, 0.2) is 10.7 Å². The van der Waals surface area contributed by atoms with Gasteiger partial charge in [0.1, 0.15) is 0 Å². The quantitative estimate of drug-likeness (QED) is 0.689. The minimum absolute atomic E-state index is 0.000972. The smallest absolute Gasteiger partial charge is 0.256 e. The third kappa shape index (κ3) is 1.72. The van der Waals surface area contributed by atoms with Crippen molar-refractivity contribution in [2.45, 2.75) is 10.7 Å². The molecule has 0 aliphatic carbocycles. The largest absolute Gasteiger partial charge is 0.323 e. The molecule has 2 unspecified atom stereocenters. The molecule has 1 heterocycles. The second-order valence-electron chi connectivity index (χ2n) is 3.07. The number of carbonyl (C=O) groups is 2. The van der Waals surface area contributed by atoms with Gasteiger partial charge in [0.2, 0.25) is 0 Å². The Kier molecular flexibility index (Phi) is 3.71. The van der Waals surface area contributed by atoms with E-state index in [0.29, 0.717) is 0 Å². The molecule has 0 radical (unpaired) electrons. The fourth-order valence-electron chi connectivity index (χ4n) is 1.43. The topological polar surface area (TPSA) is 40.6 Å². The van der Waals surface area contributed by atoms with Crippen LogP contribution in [0.25, 0.3) is 0 Å². The van der Waals surface area contributed by atoms with E-state index in [9.17, 15) is 9.59 Å². The van der Waals surface area contributed by atoms with Crippen molar-refractivity contribution in [3.05, 3.63) is 0 Å². The average Bonchev–Trinajstić information content (AvgIpc) is 2.17. The van der Waals surface area contributed by atoms with E-state index in [1.165, 1.54) is 33.3 Å². The molecule has 0 aromatic heterocycles. The molecule has 1 aliphatic rings. The van der Waals surface area contributed by atoms with Gasteiger partial charge in [0, 0.05) is 14.1 Å². The van der Waals surface area contributed by atoms with Crippen molar-refractivity contribution in [3.63, 3.8) is 0 Å². The molecule has 80 valence electrons. The Labute approximate surface area is 92.4 Å². The van der Waals surface area contributed by atoms with Crippen molar-refractivity contribution in [2.24, 2.45) is 0 Å². The van der Waals surface area contributed by atoms with Crippen LogP contribution in [0.1, 0.15) is 0 Å². The van der Waals surface area contributed by atoms with Gasteiger partial charge < -0.3 is 9.80 Å². The lowest BCUT2D eigenvalue weighted by molar-refractivity contribution is -0.150. The van der Waals surface area contributed by atoms with Gasteiger partial charge in [0.25, 0.3) is 11.8 Å². The molecule has 0 aromatic carbocycles. The van der Waals surface area contributed by atoms with Crippen LogP contribution in [0.4, 0.5) is 0 Å². The first-order valence-corrected chi connectivity index (χ1v) is 6.71. The van der Waals surface area contributed by atoms with Crippen molar-refractivity contribution in [3.8, 4) is 0 Å². The normalized spacial score (nSPS) is 28.6. The summed E-state index contributed by atoms with van der Waals surface area (Å²) in [7, 11) is 3.36. The molecule has 6 heteroatoms. The summed E-state index contributed by atoms with van der Waals surface area (Å²) < 4.78 is 0. The Balaban J connectivity index is 2.93. The highest BCUT2D eigenvalue weighted by Gasteiger charge is 2.41. The van der Waals surface area contributed by atoms with Crippen LogP contribution in [0.5, 0.6) is 0 Å². The van der Waals surface area contributed by atoms with Gasteiger partial charge in [0.05, 0.1) is 0 Å². The molecule has 0 bridgehead atoms. The van der Waals surface area contributed by atoms with Crippen LogP contribution < -0.4 is 0 Å². The number of hydrogen-bond donors (Lipinski definition) is 0. The molecule has 1 fully saturated rings. The van der Waals surface area contributed by atoms with Crippen LogP contribution in [0.15, 0.2) is 0 Å². The molecular formula is C8H14N2O2S2. The predicted octanol–water partition coefficient (Wildman–Crippen LogP) is 0.295. The highest BCUT2D eigenvalue weighted by Crippen LogP contribution is 2.26. The van der Waals surface area contributed by atoms with E-state index in [0.717, 1.165) is 0 Å². The maximum Gasteiger partial charge on any atom is 0.256 e. The van der Waals surface area contributed by atoms with Crippen LogP contribution in [-0.4, -0.2) is 59.0 Å². The van der Waals surface area contributed by atoms with Crippen molar-refractivity contribution in [2.75, 3.05) is 26.6 Å². The first-order chi connectivity index (χ1) is 6.54. The zero-order chi connectivity index (χ0) is 10.9. The number of rotatable bonds is 2. The lowest BCUT2D eigenvalue weighted by atomic mass is 10.3. The zero-order valence-electron chi connectivity index (χ0n) is 8.68. The standard InChI is InChI=1S/C8H14N2O2S2/c1-9-5(11)8(14-4)10(2)6(12)7(9)13-3/h7-8H,1-4H3. The Morgan fingerprint density at radius 1 is 0.929 bits per heavy atom. The summed E-state index contributed by atoms with van der Waals surface area (Å²) in [5.74, 6) is -0.00194. The lowest BCUT2D eigenvalue weighted by Gasteiger charge is -2.40. The number of carbonyl (C=O) groups excluding carboxylic acids is 2. The lowest BCUT2D eigenvalue weighted by Crippen LogP contribution is -2.60. The first-order valence-electron chi connectivity index (χ1n) is 4.13. The van der Waals surface area contributed by atoms with Crippen LogP contribution in [0.3, 0.4) is 0 Å². The zero-order valence-corrected chi connectivity index (χ0v) is 10.3. The van der Waals surface area contributed by atoms with Crippen molar-refractivity contribution < 1.29 is 9.59 Å². The second-order valence-corrected chi connectivity index (χ2v) is 4.91. The molecule has 1 saturated heterocycles. The van der Waals surface area contributed by atoms with E-state index in [1.807, 2.05) is 12.5 Å². The van der Waals surface area contributed by atoms with Crippen LogP contribution in [-0.2, 0) is 9.59 Å². The van der Waals surface area contributed by atoms with Gasteiger partial charge in [-0.15, -0.1) is 23.5 Å². The van der Waals surface area contributed by atoms with Gasteiger partial charge in [-0.2, -0.15) is 0 Å². The highest BCUT2D eigenvalue weighted by molar-refractivity contribution is 8.00. The van der Waals surface area contributed by atoms with Gasteiger partial charge in [-0.25, -0.2) is 0 Å². The minimum Gasteiger partial charge on any atom is -0.323 e. The third-order valence-corrected chi connectivity index (χ3v) is 4.20. The molecule has 1 aliphatic heterocycles. The molecular weight excluding hydrogens is 220 g/mol. The number of piperazine rings is 1. The van der Waals surface area contributed by atoms with E-state index in [1.54, 1.807) is 14.1 Å². The summed E-state index contributed by atoms with van der Waals surface area (Å²) in [6.07, 6.45) is 3.67. The fraction of sp³-hybridized carbons (Fsp3) is 0.750. The second kappa shape index (κ2) is 4.44. The van der Waals surface area contributed by atoms with Crippen molar-refractivity contribution >= 4 is 35.3 Å². The van der Waals surface area contributed by atoms with Gasteiger partial charge in [-0.05, 0) is 12.5 Å². The van der Waals surface area contributed by atoms with E-state index in [2.05, 4.69) is 0 Å². The Bertz CT molecular complexity index is 234. The molecule has 14 heavy (non-hydrogen) atoms. The van der Waals surface area contributed by atoms with E-state index in [4.69, 9.17) is 0 Å². The van der Waals surface area contributed by atoms with Crippen molar-refractivity contribution in [1.82, 2.24) is 9.80 Å². The van der Waals surface area contributed by atoms with Crippen LogP contribution in [0, 0.1) is 0 Å². The maximum atomic E-state index is 11.8. The molecule has 2 amide bonds. The third-order valence-electron chi connectivity index (χ3n) is 2.27. The Hall–Kier alpha value is -0.360. The predicted molar refractivity (Wildman–Crippen MR) is 60.1 cm³/mol. The molecule has 0 aromatic rings. The summed E-state index contributed by atoms with van der Waals surface area (Å²) >= 11 is 2.77. The summed E-state index contributed by atoms with van der Waals surface area (Å²) in [5.41, 5.74) is 0.